The summed E-state index contributed by atoms with van der Waals surface area (Å²) in [6, 6.07) is -1.81. The number of carbonyl (C=O) groups excluding carboxylic acids is 3. The van der Waals surface area contributed by atoms with Gasteiger partial charge >= 0.3 is 12.0 Å². The highest BCUT2D eigenvalue weighted by molar-refractivity contribution is 6.08. The van der Waals surface area contributed by atoms with Crippen molar-refractivity contribution in [1.29, 1.82) is 0 Å². The summed E-state index contributed by atoms with van der Waals surface area (Å²) in [5.74, 6) is -2.47. The van der Waals surface area contributed by atoms with Crippen LogP contribution in [0.1, 0.15) is 20.3 Å². The van der Waals surface area contributed by atoms with Gasteiger partial charge in [0.15, 0.2) is 0 Å². The summed E-state index contributed by atoms with van der Waals surface area (Å²) in [7, 11) is 1.41. The molecule has 0 aromatic carbocycles. The molecule has 0 aliphatic carbocycles. The van der Waals surface area contributed by atoms with Gasteiger partial charge in [0, 0.05) is 20.1 Å². The van der Waals surface area contributed by atoms with Crippen LogP contribution in [0.4, 0.5) is 4.79 Å². The molecule has 1 heterocycles. The van der Waals surface area contributed by atoms with Gasteiger partial charge in [-0.15, -0.1) is 0 Å². The molecule has 4 amide bonds. The van der Waals surface area contributed by atoms with E-state index in [0.29, 0.717) is 0 Å². The van der Waals surface area contributed by atoms with Crippen molar-refractivity contribution in [1.82, 2.24) is 15.5 Å². The Morgan fingerprint density at radius 3 is 2.48 bits per heavy atom. The summed E-state index contributed by atoms with van der Waals surface area (Å²) in [6.45, 7) is 2.67. The molecule has 9 nitrogen and oxygen atoms in total. The van der Waals surface area contributed by atoms with E-state index in [1.807, 2.05) is 0 Å². The Bertz CT molecular complexity index is 462. The third kappa shape index (κ3) is 4.15. The minimum Gasteiger partial charge on any atom is -0.480 e. The first-order chi connectivity index (χ1) is 9.69. The highest BCUT2D eigenvalue weighted by atomic mass is 16.5. The van der Waals surface area contributed by atoms with Crippen LogP contribution in [0, 0.1) is 0 Å². The van der Waals surface area contributed by atoms with Crippen molar-refractivity contribution in [3.8, 4) is 0 Å². The normalized spacial score (nSPS) is 18.3. The Kier molecular flexibility index (Phi) is 5.25. The van der Waals surface area contributed by atoms with E-state index in [1.165, 1.54) is 21.0 Å². The number of carbonyl (C=O) groups is 4. The number of rotatable bonds is 7. The lowest BCUT2D eigenvalue weighted by molar-refractivity contribution is -0.142. The molecule has 1 saturated heterocycles. The van der Waals surface area contributed by atoms with E-state index in [4.69, 9.17) is 9.84 Å². The first-order valence-electron chi connectivity index (χ1n) is 6.34. The first kappa shape index (κ1) is 16.9. The summed E-state index contributed by atoms with van der Waals surface area (Å²) in [4.78, 5) is 47.0. The number of methoxy groups -OCH3 is 1. The number of hydrogen-bond donors (Lipinski definition) is 3. The van der Waals surface area contributed by atoms with E-state index in [9.17, 15) is 19.2 Å². The van der Waals surface area contributed by atoms with Crippen LogP contribution in [-0.4, -0.2) is 65.7 Å². The molecule has 0 aromatic heterocycles. The van der Waals surface area contributed by atoms with Crippen molar-refractivity contribution in [2.24, 2.45) is 0 Å². The Morgan fingerprint density at radius 2 is 2.05 bits per heavy atom. The van der Waals surface area contributed by atoms with Crippen LogP contribution in [0.15, 0.2) is 0 Å². The van der Waals surface area contributed by atoms with Crippen molar-refractivity contribution in [2.75, 3.05) is 20.3 Å². The smallest absolute Gasteiger partial charge is 0.326 e. The standard InChI is InChI=1S/C12H19N3O6/c1-12(2)10(19)15(11(20)14-12)6-8(16)13-7(9(17)18)4-5-21-3/h7H,4-6H2,1-3H3,(H,13,16)(H,14,20)(H,17,18). The van der Waals surface area contributed by atoms with E-state index in [2.05, 4.69) is 10.6 Å². The van der Waals surface area contributed by atoms with Gasteiger partial charge in [-0.05, 0) is 13.8 Å². The van der Waals surface area contributed by atoms with E-state index < -0.39 is 41.9 Å². The fourth-order valence-electron chi connectivity index (χ4n) is 1.84. The Labute approximate surface area is 121 Å². The van der Waals surface area contributed by atoms with Crippen LogP contribution in [0.5, 0.6) is 0 Å². The quantitative estimate of drug-likeness (QED) is 0.514. The van der Waals surface area contributed by atoms with Gasteiger partial charge in [0.05, 0.1) is 0 Å². The molecule has 0 spiro atoms. The minimum atomic E-state index is -1.21. The highest BCUT2D eigenvalue weighted by Gasteiger charge is 2.45. The lowest BCUT2D eigenvalue weighted by Crippen LogP contribution is -2.48. The fraction of sp³-hybridized carbons (Fsp3) is 0.667. The van der Waals surface area contributed by atoms with Gasteiger partial charge < -0.3 is 20.5 Å². The zero-order chi connectivity index (χ0) is 16.2. The lowest BCUT2D eigenvalue weighted by Gasteiger charge is -2.18. The maximum absolute atomic E-state index is 11.9. The number of carboxylic acid groups (broad SMARTS) is 1. The molecule has 1 unspecified atom stereocenters. The number of nitrogens with one attached hydrogen (secondary N) is 2. The van der Waals surface area contributed by atoms with Gasteiger partial charge in [0.25, 0.3) is 5.91 Å². The first-order valence-corrected chi connectivity index (χ1v) is 6.34. The average molecular weight is 301 g/mol. The van der Waals surface area contributed by atoms with Crippen LogP contribution < -0.4 is 10.6 Å². The minimum absolute atomic E-state index is 0.0865. The molecule has 21 heavy (non-hydrogen) atoms. The number of amides is 4. The summed E-state index contributed by atoms with van der Waals surface area (Å²) in [5.41, 5.74) is -1.07. The largest absolute Gasteiger partial charge is 0.480 e. The molecule has 1 fully saturated rings. The number of nitrogens with zero attached hydrogens (tertiary/aromatic N) is 1. The van der Waals surface area contributed by atoms with Crippen LogP contribution >= 0.6 is 0 Å². The molecule has 0 bridgehead atoms. The Morgan fingerprint density at radius 1 is 1.43 bits per heavy atom. The molecular weight excluding hydrogens is 282 g/mol. The molecule has 3 N–H and O–H groups in total. The summed E-state index contributed by atoms with van der Waals surface area (Å²) in [5, 5.41) is 13.7. The van der Waals surface area contributed by atoms with Gasteiger partial charge in [-0.2, -0.15) is 0 Å². The monoisotopic (exact) mass is 301 g/mol. The second-order valence-corrected chi connectivity index (χ2v) is 5.19. The third-order valence-electron chi connectivity index (χ3n) is 2.99. The third-order valence-corrected chi connectivity index (χ3v) is 2.99. The Hall–Kier alpha value is -2.16. The highest BCUT2D eigenvalue weighted by Crippen LogP contribution is 2.15. The van der Waals surface area contributed by atoms with Crippen LogP contribution in [0.3, 0.4) is 0 Å². The number of aliphatic carboxylic acids is 1. The van der Waals surface area contributed by atoms with Crippen molar-refractivity contribution in [3.05, 3.63) is 0 Å². The van der Waals surface area contributed by atoms with Crippen molar-refractivity contribution in [2.45, 2.75) is 31.8 Å². The predicted octanol–water partition coefficient (Wildman–Crippen LogP) is -1.08. The molecular formula is C12H19N3O6. The molecule has 0 saturated carbocycles. The van der Waals surface area contributed by atoms with Gasteiger partial charge in [-0.1, -0.05) is 0 Å². The number of hydrogen-bond acceptors (Lipinski definition) is 5. The van der Waals surface area contributed by atoms with Crippen LogP contribution in [-0.2, 0) is 19.1 Å². The molecule has 0 radical (unpaired) electrons. The number of urea groups is 1. The zero-order valence-electron chi connectivity index (χ0n) is 12.1. The SMILES string of the molecule is COCCC(NC(=O)CN1C(=O)NC(C)(C)C1=O)C(=O)O. The molecule has 1 aliphatic heterocycles. The van der Waals surface area contributed by atoms with Crippen molar-refractivity contribution >= 4 is 23.8 Å². The number of imide groups is 1. The second-order valence-electron chi connectivity index (χ2n) is 5.19. The fourth-order valence-corrected chi connectivity index (χ4v) is 1.84. The van der Waals surface area contributed by atoms with Crippen molar-refractivity contribution in [3.63, 3.8) is 0 Å². The average Bonchev–Trinajstić information content (AvgIpc) is 2.56. The van der Waals surface area contributed by atoms with Gasteiger partial charge in [-0.3, -0.25) is 14.5 Å². The summed E-state index contributed by atoms with van der Waals surface area (Å²) >= 11 is 0. The van der Waals surface area contributed by atoms with Crippen LogP contribution in [0.2, 0.25) is 0 Å². The van der Waals surface area contributed by atoms with E-state index >= 15 is 0 Å². The number of ether oxygens (including phenoxy) is 1. The van der Waals surface area contributed by atoms with E-state index in [-0.39, 0.29) is 13.0 Å². The molecule has 0 aromatic rings. The number of carboxylic acids is 1. The predicted molar refractivity (Wildman–Crippen MR) is 70.4 cm³/mol. The summed E-state index contributed by atoms with van der Waals surface area (Å²) in [6.07, 6.45) is 0.0865. The van der Waals surface area contributed by atoms with E-state index in [0.717, 1.165) is 4.90 Å². The molecule has 9 heteroatoms. The van der Waals surface area contributed by atoms with Crippen LogP contribution in [0.25, 0.3) is 0 Å². The molecule has 1 rings (SSSR count). The maximum Gasteiger partial charge on any atom is 0.326 e. The lowest BCUT2D eigenvalue weighted by atomic mass is 10.1. The second kappa shape index (κ2) is 6.53. The summed E-state index contributed by atoms with van der Waals surface area (Å²) < 4.78 is 4.76. The van der Waals surface area contributed by atoms with Gasteiger partial charge in [0.1, 0.15) is 18.1 Å². The Balaban J connectivity index is 2.62. The van der Waals surface area contributed by atoms with Gasteiger partial charge in [0.2, 0.25) is 5.91 Å². The van der Waals surface area contributed by atoms with Gasteiger partial charge in [-0.25, -0.2) is 9.59 Å². The van der Waals surface area contributed by atoms with Crippen molar-refractivity contribution < 1.29 is 29.0 Å². The molecule has 118 valence electrons. The maximum atomic E-state index is 11.9. The zero-order valence-corrected chi connectivity index (χ0v) is 12.1. The molecule has 1 aliphatic rings. The van der Waals surface area contributed by atoms with E-state index in [1.54, 1.807) is 0 Å². The molecule has 1 atom stereocenters. The topological polar surface area (TPSA) is 125 Å².